The fourth-order valence-corrected chi connectivity index (χ4v) is 3.69. The number of nitrogens with one attached hydrogen (secondary N) is 1. The molecule has 1 amide bonds. The van der Waals surface area contributed by atoms with Crippen LogP contribution in [0.25, 0.3) is 10.8 Å². The minimum absolute atomic E-state index is 0.00128. The summed E-state index contributed by atoms with van der Waals surface area (Å²) in [6.07, 6.45) is 2.63. The van der Waals surface area contributed by atoms with Gasteiger partial charge in [-0.05, 0) is 39.7 Å². The van der Waals surface area contributed by atoms with Crippen molar-refractivity contribution in [2.75, 3.05) is 0 Å². The Morgan fingerprint density at radius 1 is 1.00 bits per heavy atom. The molecule has 1 aliphatic carbocycles. The standard InChI is InChI=1S/C25H26N2O/c1-25(2,3)20-13-11-18(12-14-20)22-15-23(22)24(28)27-26-16-19-9-6-8-17-7-4-5-10-21(17)19/h4-14,16,22-23H,15H2,1-3H3,(H,27,28)/b26-16+. The molecule has 1 aliphatic rings. The van der Waals surface area contributed by atoms with Crippen molar-refractivity contribution in [1.82, 2.24) is 5.43 Å². The molecule has 0 aromatic heterocycles. The summed E-state index contributed by atoms with van der Waals surface area (Å²) < 4.78 is 0. The summed E-state index contributed by atoms with van der Waals surface area (Å²) in [7, 11) is 0. The number of nitrogens with zero attached hydrogens (tertiary/aromatic N) is 1. The van der Waals surface area contributed by atoms with E-state index in [0.29, 0.717) is 5.92 Å². The van der Waals surface area contributed by atoms with Crippen LogP contribution in [0.1, 0.15) is 49.8 Å². The highest BCUT2D eigenvalue weighted by Gasteiger charge is 2.43. The van der Waals surface area contributed by atoms with Crippen molar-refractivity contribution >= 4 is 22.9 Å². The van der Waals surface area contributed by atoms with Crippen LogP contribution in [0.15, 0.2) is 71.8 Å². The smallest absolute Gasteiger partial charge is 0.243 e. The maximum Gasteiger partial charge on any atom is 0.243 e. The third kappa shape index (κ3) is 3.84. The van der Waals surface area contributed by atoms with E-state index >= 15 is 0 Å². The van der Waals surface area contributed by atoms with E-state index in [1.54, 1.807) is 6.21 Å². The number of carbonyl (C=O) groups is 1. The molecule has 2 unspecified atom stereocenters. The predicted molar refractivity (Wildman–Crippen MR) is 116 cm³/mol. The zero-order valence-electron chi connectivity index (χ0n) is 16.6. The molecule has 0 heterocycles. The van der Waals surface area contributed by atoms with Crippen LogP contribution in [0.2, 0.25) is 0 Å². The molecule has 28 heavy (non-hydrogen) atoms. The number of fused-ring (bicyclic) bond motifs is 1. The third-order valence-corrected chi connectivity index (χ3v) is 5.53. The van der Waals surface area contributed by atoms with Crippen LogP contribution in [0, 0.1) is 5.92 Å². The fraction of sp³-hybridized carbons (Fsp3) is 0.280. The van der Waals surface area contributed by atoms with Crippen LogP contribution < -0.4 is 5.43 Å². The van der Waals surface area contributed by atoms with Gasteiger partial charge in [0.25, 0.3) is 0 Å². The van der Waals surface area contributed by atoms with Crippen LogP contribution in [0.4, 0.5) is 0 Å². The summed E-state index contributed by atoms with van der Waals surface area (Å²) in [6.45, 7) is 6.63. The molecule has 142 valence electrons. The molecule has 0 radical (unpaired) electrons. The summed E-state index contributed by atoms with van der Waals surface area (Å²) in [5.41, 5.74) is 6.43. The van der Waals surface area contributed by atoms with Crippen LogP contribution in [-0.4, -0.2) is 12.1 Å². The van der Waals surface area contributed by atoms with Gasteiger partial charge in [-0.1, -0.05) is 87.5 Å². The van der Waals surface area contributed by atoms with E-state index in [-0.39, 0.29) is 17.2 Å². The molecule has 3 aromatic carbocycles. The number of benzene rings is 3. The predicted octanol–water partition coefficient (Wildman–Crippen LogP) is 5.39. The zero-order chi connectivity index (χ0) is 19.7. The Balaban J connectivity index is 1.38. The van der Waals surface area contributed by atoms with Gasteiger partial charge in [0, 0.05) is 11.5 Å². The second-order valence-electron chi connectivity index (χ2n) is 8.62. The minimum Gasteiger partial charge on any atom is -0.273 e. The van der Waals surface area contributed by atoms with Crippen LogP contribution in [0.3, 0.4) is 0 Å². The Kier molecular flexibility index (Phi) is 4.76. The Labute approximate surface area is 166 Å². The lowest BCUT2D eigenvalue weighted by Gasteiger charge is -2.19. The lowest BCUT2D eigenvalue weighted by Crippen LogP contribution is -2.20. The SMILES string of the molecule is CC(C)(C)c1ccc(C2CC2C(=O)N/N=C/c2cccc3ccccc23)cc1. The molecular weight excluding hydrogens is 344 g/mol. The number of hydrogen-bond acceptors (Lipinski definition) is 2. The van der Waals surface area contributed by atoms with Crippen LogP contribution >= 0.6 is 0 Å². The highest BCUT2D eigenvalue weighted by atomic mass is 16.2. The Morgan fingerprint density at radius 2 is 1.71 bits per heavy atom. The highest BCUT2D eigenvalue weighted by Crippen LogP contribution is 2.47. The average Bonchev–Trinajstić information content (AvgIpc) is 3.48. The molecule has 1 saturated carbocycles. The Hall–Kier alpha value is -2.94. The van der Waals surface area contributed by atoms with E-state index in [9.17, 15) is 4.79 Å². The lowest BCUT2D eigenvalue weighted by molar-refractivity contribution is -0.122. The summed E-state index contributed by atoms with van der Waals surface area (Å²) in [5.74, 6) is 0.327. The summed E-state index contributed by atoms with van der Waals surface area (Å²) in [4.78, 5) is 12.4. The first-order chi connectivity index (χ1) is 13.4. The van der Waals surface area contributed by atoms with Crippen molar-refractivity contribution in [3.05, 3.63) is 83.4 Å². The van der Waals surface area contributed by atoms with E-state index in [1.807, 2.05) is 24.3 Å². The molecule has 0 spiro atoms. The number of hydrazone groups is 1. The molecule has 0 aliphatic heterocycles. The normalized spacial score (nSPS) is 19.1. The topological polar surface area (TPSA) is 41.5 Å². The van der Waals surface area contributed by atoms with E-state index in [1.165, 1.54) is 16.5 Å². The number of carbonyl (C=O) groups excluding carboxylic acids is 1. The van der Waals surface area contributed by atoms with Gasteiger partial charge in [0.2, 0.25) is 5.91 Å². The van der Waals surface area contributed by atoms with Crippen molar-refractivity contribution in [3.63, 3.8) is 0 Å². The molecule has 1 fully saturated rings. The zero-order valence-corrected chi connectivity index (χ0v) is 16.6. The molecule has 1 N–H and O–H groups in total. The molecule has 3 aromatic rings. The van der Waals surface area contributed by atoms with Gasteiger partial charge in [0.15, 0.2) is 0 Å². The molecule has 4 rings (SSSR count). The number of hydrogen-bond donors (Lipinski definition) is 1. The maximum absolute atomic E-state index is 12.4. The van der Waals surface area contributed by atoms with Gasteiger partial charge < -0.3 is 0 Å². The number of rotatable bonds is 4. The fourth-order valence-electron chi connectivity index (χ4n) is 3.69. The van der Waals surface area contributed by atoms with Gasteiger partial charge in [-0.15, -0.1) is 0 Å². The van der Waals surface area contributed by atoms with Crippen LogP contribution in [0.5, 0.6) is 0 Å². The van der Waals surface area contributed by atoms with Crippen molar-refractivity contribution in [3.8, 4) is 0 Å². The van der Waals surface area contributed by atoms with Crippen molar-refractivity contribution < 1.29 is 4.79 Å². The van der Waals surface area contributed by atoms with Gasteiger partial charge >= 0.3 is 0 Å². The lowest BCUT2D eigenvalue weighted by atomic mass is 9.86. The Morgan fingerprint density at radius 3 is 2.46 bits per heavy atom. The monoisotopic (exact) mass is 370 g/mol. The second kappa shape index (κ2) is 7.23. The molecule has 3 nitrogen and oxygen atoms in total. The minimum atomic E-state index is 0.00128. The average molecular weight is 370 g/mol. The van der Waals surface area contributed by atoms with Gasteiger partial charge in [-0.2, -0.15) is 5.10 Å². The maximum atomic E-state index is 12.4. The summed E-state index contributed by atoms with van der Waals surface area (Å²) in [6, 6.07) is 23.0. The molecule has 3 heteroatoms. The van der Waals surface area contributed by atoms with Crippen molar-refractivity contribution in [1.29, 1.82) is 0 Å². The third-order valence-electron chi connectivity index (χ3n) is 5.53. The first-order valence-corrected chi connectivity index (χ1v) is 9.84. The van der Waals surface area contributed by atoms with E-state index < -0.39 is 0 Å². The van der Waals surface area contributed by atoms with E-state index in [0.717, 1.165) is 17.4 Å². The largest absolute Gasteiger partial charge is 0.273 e. The van der Waals surface area contributed by atoms with E-state index in [2.05, 4.69) is 73.8 Å². The summed E-state index contributed by atoms with van der Waals surface area (Å²) in [5, 5.41) is 6.50. The van der Waals surface area contributed by atoms with E-state index in [4.69, 9.17) is 0 Å². The highest BCUT2D eigenvalue weighted by molar-refractivity contribution is 6.00. The van der Waals surface area contributed by atoms with Gasteiger partial charge in [-0.25, -0.2) is 5.43 Å². The van der Waals surface area contributed by atoms with Crippen molar-refractivity contribution in [2.45, 2.75) is 38.5 Å². The molecular formula is C25H26N2O. The first kappa shape index (κ1) is 18.4. The quantitative estimate of drug-likeness (QED) is 0.485. The molecule has 0 bridgehead atoms. The van der Waals surface area contributed by atoms with Crippen molar-refractivity contribution in [2.24, 2.45) is 11.0 Å². The first-order valence-electron chi connectivity index (χ1n) is 9.84. The van der Waals surface area contributed by atoms with Crippen LogP contribution in [-0.2, 0) is 10.2 Å². The van der Waals surface area contributed by atoms with Gasteiger partial charge in [-0.3, -0.25) is 4.79 Å². The molecule has 2 atom stereocenters. The number of amides is 1. The van der Waals surface area contributed by atoms with Gasteiger partial charge in [0.1, 0.15) is 0 Å². The second-order valence-corrected chi connectivity index (χ2v) is 8.62. The summed E-state index contributed by atoms with van der Waals surface area (Å²) >= 11 is 0. The molecule has 0 saturated heterocycles. The Bertz CT molecular complexity index is 1020. The van der Waals surface area contributed by atoms with Gasteiger partial charge in [0.05, 0.1) is 6.21 Å².